The van der Waals surface area contributed by atoms with E-state index in [-0.39, 0.29) is 5.92 Å². The Balaban J connectivity index is 1.94. The van der Waals surface area contributed by atoms with Crippen LogP contribution >= 0.6 is 12.2 Å². The summed E-state index contributed by atoms with van der Waals surface area (Å²) in [6.07, 6.45) is 1.40. The van der Waals surface area contributed by atoms with Crippen molar-refractivity contribution in [3.05, 3.63) is 35.4 Å². The molecule has 1 aromatic carbocycles. The van der Waals surface area contributed by atoms with E-state index < -0.39 is 5.97 Å². The molecule has 0 unspecified atom stereocenters. The first-order valence-corrected chi connectivity index (χ1v) is 6.90. The average Bonchev–Trinajstić information content (AvgIpc) is 2.39. The van der Waals surface area contributed by atoms with Gasteiger partial charge < -0.3 is 20.5 Å². The number of carboxylic acids is 1. The number of hydrogen-bond donors (Lipinski definition) is 2. The third kappa shape index (κ3) is 3.75. The van der Waals surface area contributed by atoms with Gasteiger partial charge in [0.15, 0.2) is 0 Å². The van der Waals surface area contributed by atoms with Crippen LogP contribution in [0.5, 0.6) is 0 Å². The molecule has 0 radical (unpaired) electrons. The third-order valence-corrected chi connectivity index (χ3v) is 3.93. The number of aliphatic carboxylic acids is 1. The van der Waals surface area contributed by atoms with Crippen LogP contribution in [0.2, 0.25) is 0 Å². The van der Waals surface area contributed by atoms with Crippen molar-refractivity contribution in [1.29, 1.82) is 0 Å². The summed E-state index contributed by atoms with van der Waals surface area (Å²) < 4.78 is 0. The topological polar surface area (TPSA) is 70.6 Å². The minimum Gasteiger partial charge on any atom is -0.550 e. The lowest BCUT2D eigenvalue weighted by molar-refractivity contribution is -0.919. The van der Waals surface area contributed by atoms with Crippen LogP contribution in [0, 0.1) is 5.92 Å². The Hall–Kier alpha value is -1.46. The molecule has 0 aromatic heterocycles. The molecule has 0 saturated carbocycles. The maximum absolute atomic E-state index is 10.8. The number of nitrogens with two attached hydrogens (primary N) is 1. The number of rotatable bonds is 4. The van der Waals surface area contributed by atoms with E-state index >= 15 is 0 Å². The summed E-state index contributed by atoms with van der Waals surface area (Å²) >= 11 is 4.97. The van der Waals surface area contributed by atoms with Crippen LogP contribution in [-0.4, -0.2) is 24.0 Å². The Kier molecular flexibility index (Phi) is 4.50. The van der Waals surface area contributed by atoms with E-state index in [4.69, 9.17) is 18.0 Å². The fourth-order valence-corrected chi connectivity index (χ4v) is 2.69. The van der Waals surface area contributed by atoms with Crippen LogP contribution in [0.4, 0.5) is 0 Å². The van der Waals surface area contributed by atoms with Crippen LogP contribution < -0.4 is 15.7 Å². The van der Waals surface area contributed by atoms with Crippen molar-refractivity contribution >= 4 is 23.2 Å². The van der Waals surface area contributed by atoms with Crippen LogP contribution in [0.1, 0.15) is 24.0 Å². The number of likely N-dealkylation sites (tertiary alicyclic amines) is 1. The first kappa shape index (κ1) is 14.0. The van der Waals surface area contributed by atoms with E-state index in [1.807, 2.05) is 18.2 Å². The molecule has 1 aliphatic rings. The predicted molar refractivity (Wildman–Crippen MR) is 74.5 cm³/mol. The zero-order chi connectivity index (χ0) is 13.8. The quantitative estimate of drug-likeness (QED) is 0.684. The molecule has 1 saturated heterocycles. The molecule has 4 nitrogen and oxygen atoms in total. The van der Waals surface area contributed by atoms with Gasteiger partial charge in [-0.25, -0.2) is 0 Å². The summed E-state index contributed by atoms with van der Waals surface area (Å²) in [7, 11) is 0. The van der Waals surface area contributed by atoms with Crippen molar-refractivity contribution in [1.82, 2.24) is 0 Å². The predicted octanol–water partition coefficient (Wildman–Crippen LogP) is -1.13. The highest BCUT2D eigenvalue weighted by atomic mass is 32.1. The summed E-state index contributed by atoms with van der Waals surface area (Å²) in [6, 6.07) is 7.93. The van der Waals surface area contributed by atoms with Gasteiger partial charge >= 0.3 is 0 Å². The third-order valence-electron chi connectivity index (χ3n) is 3.69. The summed E-state index contributed by atoms with van der Waals surface area (Å²) in [6.45, 7) is 2.63. The zero-order valence-electron chi connectivity index (χ0n) is 10.7. The van der Waals surface area contributed by atoms with Crippen LogP contribution in [-0.2, 0) is 11.3 Å². The Morgan fingerprint density at radius 3 is 2.68 bits per heavy atom. The highest BCUT2D eigenvalue weighted by Crippen LogP contribution is 2.09. The van der Waals surface area contributed by atoms with E-state index in [2.05, 4.69) is 6.07 Å². The Labute approximate surface area is 118 Å². The summed E-state index contributed by atoms with van der Waals surface area (Å²) in [4.78, 5) is 12.6. The van der Waals surface area contributed by atoms with E-state index in [0.717, 1.165) is 25.2 Å². The zero-order valence-corrected chi connectivity index (χ0v) is 11.5. The van der Waals surface area contributed by atoms with Gasteiger partial charge in [0.1, 0.15) is 11.5 Å². The monoisotopic (exact) mass is 278 g/mol. The molecule has 0 atom stereocenters. The number of piperidine rings is 1. The van der Waals surface area contributed by atoms with Gasteiger partial charge in [-0.15, -0.1) is 0 Å². The number of thiocarbonyl (C=S) groups is 1. The van der Waals surface area contributed by atoms with Crippen molar-refractivity contribution in [3.63, 3.8) is 0 Å². The number of carboxylic acid groups (broad SMARTS) is 1. The van der Waals surface area contributed by atoms with Crippen molar-refractivity contribution in [2.24, 2.45) is 11.7 Å². The van der Waals surface area contributed by atoms with E-state index in [0.29, 0.717) is 17.8 Å². The summed E-state index contributed by atoms with van der Waals surface area (Å²) in [5.41, 5.74) is 7.69. The van der Waals surface area contributed by atoms with Crippen molar-refractivity contribution < 1.29 is 14.8 Å². The largest absolute Gasteiger partial charge is 0.550 e. The molecule has 5 heteroatoms. The van der Waals surface area contributed by atoms with Gasteiger partial charge in [-0.2, -0.15) is 0 Å². The molecule has 1 aromatic rings. The Bertz CT molecular complexity index is 482. The molecule has 0 bridgehead atoms. The number of quaternary nitrogens is 1. The highest BCUT2D eigenvalue weighted by Gasteiger charge is 2.22. The fraction of sp³-hybridized carbons (Fsp3) is 0.429. The number of carbonyl (C=O) groups is 1. The first-order valence-electron chi connectivity index (χ1n) is 6.49. The van der Waals surface area contributed by atoms with Gasteiger partial charge in [0.2, 0.25) is 0 Å². The number of nitrogens with one attached hydrogen (secondary N) is 1. The van der Waals surface area contributed by atoms with E-state index in [1.54, 1.807) is 0 Å². The SMILES string of the molecule is NC(=S)c1cccc(C[NH+]2CCC(C(=O)[O-])CC2)c1. The van der Waals surface area contributed by atoms with Crippen molar-refractivity contribution in [3.8, 4) is 0 Å². The molecule has 2 rings (SSSR count). The van der Waals surface area contributed by atoms with Crippen LogP contribution in [0.3, 0.4) is 0 Å². The van der Waals surface area contributed by atoms with E-state index in [9.17, 15) is 9.90 Å². The van der Waals surface area contributed by atoms with Gasteiger partial charge in [0.25, 0.3) is 0 Å². The number of benzene rings is 1. The second-order valence-electron chi connectivity index (χ2n) is 5.08. The minimum atomic E-state index is -0.908. The molecule has 0 spiro atoms. The second kappa shape index (κ2) is 6.12. The smallest absolute Gasteiger partial charge is 0.103 e. The fourth-order valence-electron chi connectivity index (χ4n) is 2.56. The lowest BCUT2D eigenvalue weighted by Gasteiger charge is -2.29. The molecule has 102 valence electrons. The van der Waals surface area contributed by atoms with Crippen LogP contribution in [0.15, 0.2) is 24.3 Å². The lowest BCUT2D eigenvalue weighted by Crippen LogP contribution is -3.11. The van der Waals surface area contributed by atoms with Gasteiger partial charge in [-0.05, 0) is 6.07 Å². The van der Waals surface area contributed by atoms with Gasteiger partial charge in [-0.1, -0.05) is 30.4 Å². The second-order valence-corrected chi connectivity index (χ2v) is 5.52. The highest BCUT2D eigenvalue weighted by molar-refractivity contribution is 7.80. The first-order chi connectivity index (χ1) is 9.06. The van der Waals surface area contributed by atoms with Crippen molar-refractivity contribution in [2.75, 3.05) is 13.1 Å². The number of hydrogen-bond acceptors (Lipinski definition) is 3. The molecule has 1 aliphatic heterocycles. The maximum Gasteiger partial charge on any atom is 0.103 e. The molecular weight excluding hydrogens is 260 g/mol. The Morgan fingerprint density at radius 2 is 2.11 bits per heavy atom. The van der Waals surface area contributed by atoms with Crippen molar-refractivity contribution in [2.45, 2.75) is 19.4 Å². The standard InChI is InChI=1S/C14H18N2O2S/c15-13(19)12-3-1-2-10(8-12)9-16-6-4-11(5-7-16)14(17)18/h1-3,8,11H,4-7,9H2,(H2,15,19)(H,17,18). The van der Waals surface area contributed by atoms with Crippen LogP contribution in [0.25, 0.3) is 0 Å². The minimum absolute atomic E-state index is 0.272. The normalized spacial score (nSPS) is 22.9. The Morgan fingerprint density at radius 1 is 1.42 bits per heavy atom. The summed E-state index contributed by atoms with van der Waals surface area (Å²) in [5, 5.41) is 10.8. The number of carbonyl (C=O) groups excluding carboxylic acids is 1. The average molecular weight is 278 g/mol. The molecule has 19 heavy (non-hydrogen) atoms. The lowest BCUT2D eigenvalue weighted by atomic mass is 9.96. The van der Waals surface area contributed by atoms with E-state index in [1.165, 1.54) is 10.5 Å². The molecule has 0 aliphatic carbocycles. The summed E-state index contributed by atoms with van der Waals surface area (Å²) in [5.74, 6) is -1.18. The van der Waals surface area contributed by atoms with Gasteiger partial charge in [-0.3, -0.25) is 0 Å². The molecule has 0 amide bonds. The molecule has 1 heterocycles. The molecular formula is C14H18N2O2S. The van der Waals surface area contributed by atoms with Gasteiger partial charge in [0, 0.05) is 35.9 Å². The molecule has 3 N–H and O–H groups in total. The maximum atomic E-state index is 10.8. The molecule has 1 fully saturated rings. The van der Waals surface area contributed by atoms with Gasteiger partial charge in [0.05, 0.1) is 13.1 Å².